The van der Waals surface area contributed by atoms with Crippen LogP contribution in [0.2, 0.25) is 0 Å². The first-order valence-electron chi connectivity index (χ1n) is 7.96. The molecule has 2 saturated heterocycles. The Morgan fingerprint density at radius 2 is 1.55 bits per heavy atom. The van der Waals surface area contributed by atoms with E-state index in [2.05, 4.69) is 0 Å². The fourth-order valence-corrected chi connectivity index (χ4v) is 3.13. The summed E-state index contributed by atoms with van der Waals surface area (Å²) in [4.78, 5) is 28.6. The number of likely N-dealkylation sites (tertiary alicyclic amines) is 1. The van der Waals surface area contributed by atoms with Gasteiger partial charge in [-0.3, -0.25) is 9.59 Å². The van der Waals surface area contributed by atoms with E-state index in [9.17, 15) is 9.59 Å². The fraction of sp³-hybridized carbons (Fsp3) is 0.529. The smallest absolute Gasteiger partial charge is 0.253 e. The van der Waals surface area contributed by atoms with E-state index in [0.717, 1.165) is 18.4 Å². The molecule has 22 heavy (non-hydrogen) atoms. The summed E-state index contributed by atoms with van der Waals surface area (Å²) < 4.78 is 5.29. The minimum Gasteiger partial charge on any atom is -0.378 e. The third-order valence-electron chi connectivity index (χ3n) is 4.47. The topological polar surface area (TPSA) is 49.9 Å². The van der Waals surface area contributed by atoms with Crippen LogP contribution in [0.4, 0.5) is 0 Å². The molecule has 0 N–H and O–H groups in total. The lowest BCUT2D eigenvalue weighted by atomic mass is 9.94. The van der Waals surface area contributed by atoms with Gasteiger partial charge < -0.3 is 14.5 Å². The fourth-order valence-electron chi connectivity index (χ4n) is 3.13. The molecule has 0 bridgehead atoms. The maximum Gasteiger partial charge on any atom is 0.253 e. The van der Waals surface area contributed by atoms with E-state index in [0.29, 0.717) is 39.4 Å². The maximum absolute atomic E-state index is 12.5. The van der Waals surface area contributed by atoms with Crippen LogP contribution < -0.4 is 0 Å². The van der Waals surface area contributed by atoms with Crippen molar-refractivity contribution in [2.75, 3.05) is 39.4 Å². The zero-order chi connectivity index (χ0) is 15.4. The Morgan fingerprint density at radius 3 is 2.18 bits per heavy atom. The number of hydrogen-bond acceptors (Lipinski definition) is 3. The minimum atomic E-state index is 0.0536. The van der Waals surface area contributed by atoms with Gasteiger partial charge in [0.05, 0.1) is 13.2 Å². The summed E-state index contributed by atoms with van der Waals surface area (Å²) in [5.41, 5.74) is 0.723. The molecule has 5 nitrogen and oxygen atoms in total. The van der Waals surface area contributed by atoms with Gasteiger partial charge in [0.25, 0.3) is 5.91 Å². The highest BCUT2D eigenvalue weighted by Crippen LogP contribution is 2.21. The van der Waals surface area contributed by atoms with Crippen molar-refractivity contribution in [2.24, 2.45) is 5.92 Å². The summed E-state index contributed by atoms with van der Waals surface area (Å²) in [6, 6.07) is 9.34. The number of carbonyl (C=O) groups excluding carboxylic acids is 2. The molecule has 2 heterocycles. The highest BCUT2D eigenvalue weighted by atomic mass is 16.5. The maximum atomic E-state index is 12.5. The normalized spacial score (nSPS) is 20.0. The number of rotatable bonds is 2. The average Bonchev–Trinajstić information content (AvgIpc) is 2.62. The summed E-state index contributed by atoms with van der Waals surface area (Å²) in [5.74, 6) is 0.353. The quantitative estimate of drug-likeness (QED) is 0.830. The first-order valence-corrected chi connectivity index (χ1v) is 7.96. The molecule has 2 amide bonds. The summed E-state index contributed by atoms with van der Waals surface area (Å²) >= 11 is 0. The zero-order valence-electron chi connectivity index (χ0n) is 12.7. The molecule has 118 valence electrons. The Kier molecular flexibility index (Phi) is 4.73. The first-order chi connectivity index (χ1) is 10.8. The monoisotopic (exact) mass is 302 g/mol. The lowest BCUT2D eigenvalue weighted by Gasteiger charge is -2.35. The lowest BCUT2D eigenvalue weighted by molar-refractivity contribution is -0.141. The SMILES string of the molecule is O=C(c1ccccc1)N1CCC(C(=O)N2CCOCC2)CC1. The van der Waals surface area contributed by atoms with Crippen LogP contribution in [0.3, 0.4) is 0 Å². The lowest BCUT2D eigenvalue weighted by Crippen LogP contribution is -2.47. The van der Waals surface area contributed by atoms with Crippen LogP contribution in [0.25, 0.3) is 0 Å². The van der Waals surface area contributed by atoms with Gasteiger partial charge in [-0.25, -0.2) is 0 Å². The molecule has 2 fully saturated rings. The van der Waals surface area contributed by atoms with Crippen molar-refractivity contribution in [3.05, 3.63) is 35.9 Å². The molecule has 0 spiro atoms. The largest absolute Gasteiger partial charge is 0.378 e. The Hall–Kier alpha value is -1.88. The van der Waals surface area contributed by atoms with Gasteiger partial charge in [0.1, 0.15) is 0 Å². The standard InChI is InChI=1S/C17H22N2O3/c20-16(14-4-2-1-3-5-14)18-8-6-15(7-9-18)17(21)19-10-12-22-13-11-19/h1-5,15H,6-13H2. The first kappa shape index (κ1) is 15.0. The molecule has 0 atom stereocenters. The second kappa shape index (κ2) is 6.92. The van der Waals surface area contributed by atoms with Gasteiger partial charge in [-0.2, -0.15) is 0 Å². The summed E-state index contributed by atoms with van der Waals surface area (Å²) in [7, 11) is 0. The zero-order valence-corrected chi connectivity index (χ0v) is 12.7. The van der Waals surface area contributed by atoms with Crippen LogP contribution in [-0.2, 0) is 9.53 Å². The highest BCUT2D eigenvalue weighted by molar-refractivity contribution is 5.94. The van der Waals surface area contributed by atoms with Gasteiger partial charge in [0, 0.05) is 37.7 Å². The number of morpholine rings is 1. The van der Waals surface area contributed by atoms with Crippen molar-refractivity contribution in [3.8, 4) is 0 Å². The average molecular weight is 302 g/mol. The Bertz CT molecular complexity index is 518. The minimum absolute atomic E-state index is 0.0536. The van der Waals surface area contributed by atoms with Crippen molar-refractivity contribution in [1.29, 1.82) is 0 Å². The van der Waals surface area contributed by atoms with E-state index >= 15 is 0 Å². The molecular formula is C17H22N2O3. The van der Waals surface area contributed by atoms with E-state index in [4.69, 9.17) is 4.74 Å². The van der Waals surface area contributed by atoms with Gasteiger partial charge in [-0.05, 0) is 25.0 Å². The van der Waals surface area contributed by atoms with Crippen LogP contribution >= 0.6 is 0 Å². The van der Waals surface area contributed by atoms with Crippen molar-refractivity contribution in [1.82, 2.24) is 9.80 Å². The number of ether oxygens (including phenoxy) is 1. The molecular weight excluding hydrogens is 280 g/mol. The molecule has 0 unspecified atom stereocenters. The molecule has 2 aliphatic rings. The molecule has 0 aliphatic carbocycles. The number of nitrogens with zero attached hydrogens (tertiary/aromatic N) is 2. The third kappa shape index (κ3) is 3.30. The van der Waals surface area contributed by atoms with E-state index in [-0.39, 0.29) is 17.7 Å². The Morgan fingerprint density at radius 1 is 0.909 bits per heavy atom. The predicted molar refractivity (Wildman–Crippen MR) is 82.5 cm³/mol. The molecule has 0 radical (unpaired) electrons. The van der Waals surface area contributed by atoms with Crippen LogP contribution in [0.15, 0.2) is 30.3 Å². The van der Waals surface area contributed by atoms with E-state index in [1.54, 1.807) is 0 Å². The molecule has 3 rings (SSSR count). The molecule has 1 aromatic rings. The summed E-state index contributed by atoms with van der Waals surface area (Å²) in [5, 5.41) is 0. The van der Waals surface area contributed by atoms with Gasteiger partial charge in [0.15, 0.2) is 0 Å². The second-order valence-corrected chi connectivity index (χ2v) is 5.87. The van der Waals surface area contributed by atoms with E-state index in [1.165, 1.54) is 0 Å². The van der Waals surface area contributed by atoms with Crippen molar-refractivity contribution >= 4 is 11.8 Å². The molecule has 0 saturated carbocycles. The van der Waals surface area contributed by atoms with Gasteiger partial charge in [0.2, 0.25) is 5.91 Å². The van der Waals surface area contributed by atoms with Crippen LogP contribution in [0, 0.1) is 5.92 Å². The summed E-state index contributed by atoms with van der Waals surface area (Å²) in [6.07, 6.45) is 1.52. The summed E-state index contributed by atoms with van der Waals surface area (Å²) in [6.45, 7) is 3.99. The van der Waals surface area contributed by atoms with Crippen molar-refractivity contribution in [2.45, 2.75) is 12.8 Å². The third-order valence-corrected chi connectivity index (χ3v) is 4.47. The van der Waals surface area contributed by atoms with Crippen molar-refractivity contribution < 1.29 is 14.3 Å². The van der Waals surface area contributed by atoms with Crippen LogP contribution in [0.5, 0.6) is 0 Å². The highest BCUT2D eigenvalue weighted by Gasteiger charge is 2.31. The second-order valence-electron chi connectivity index (χ2n) is 5.87. The van der Waals surface area contributed by atoms with Crippen LogP contribution in [-0.4, -0.2) is 61.0 Å². The predicted octanol–water partition coefficient (Wildman–Crippen LogP) is 1.40. The molecule has 5 heteroatoms. The Labute approximate surface area is 130 Å². The number of carbonyl (C=O) groups is 2. The van der Waals surface area contributed by atoms with E-state index < -0.39 is 0 Å². The van der Waals surface area contributed by atoms with E-state index in [1.807, 2.05) is 40.1 Å². The number of hydrogen-bond donors (Lipinski definition) is 0. The molecule has 2 aliphatic heterocycles. The number of benzene rings is 1. The van der Waals surface area contributed by atoms with Crippen molar-refractivity contribution in [3.63, 3.8) is 0 Å². The van der Waals surface area contributed by atoms with Crippen LogP contribution in [0.1, 0.15) is 23.2 Å². The van der Waals surface area contributed by atoms with Gasteiger partial charge in [-0.1, -0.05) is 18.2 Å². The Balaban J connectivity index is 1.54. The van der Waals surface area contributed by atoms with Gasteiger partial charge >= 0.3 is 0 Å². The van der Waals surface area contributed by atoms with Gasteiger partial charge in [-0.15, -0.1) is 0 Å². The number of amides is 2. The molecule has 0 aromatic heterocycles. The number of piperidine rings is 1. The molecule has 1 aromatic carbocycles.